The van der Waals surface area contributed by atoms with E-state index < -0.39 is 5.82 Å². The van der Waals surface area contributed by atoms with Gasteiger partial charge in [-0.15, -0.1) is 21.5 Å². The summed E-state index contributed by atoms with van der Waals surface area (Å²) in [5.41, 5.74) is 2.69. The van der Waals surface area contributed by atoms with Crippen LogP contribution >= 0.6 is 22.9 Å². The summed E-state index contributed by atoms with van der Waals surface area (Å²) in [5, 5.41) is 10.3. The highest BCUT2D eigenvalue weighted by Crippen LogP contribution is 2.48. The molecule has 3 heterocycles. The van der Waals surface area contributed by atoms with E-state index in [2.05, 4.69) is 14.8 Å². The molecular weight excluding hydrogens is 463 g/mol. The lowest BCUT2D eigenvalue weighted by molar-refractivity contribution is -0.147. The molecule has 2 aromatic heterocycles. The minimum atomic E-state index is -0.417. The van der Waals surface area contributed by atoms with E-state index in [0.29, 0.717) is 41.7 Å². The Morgan fingerprint density at radius 1 is 1.24 bits per heavy atom. The molecular formula is C24H22ClFN4O2S. The van der Waals surface area contributed by atoms with Gasteiger partial charge in [-0.2, -0.15) is 0 Å². The quantitative estimate of drug-likeness (QED) is 0.478. The van der Waals surface area contributed by atoms with Gasteiger partial charge >= 0.3 is 5.97 Å². The number of thiophene rings is 1. The first kappa shape index (κ1) is 21.0. The van der Waals surface area contributed by atoms with Crippen molar-refractivity contribution < 1.29 is 13.9 Å². The van der Waals surface area contributed by atoms with E-state index in [1.165, 1.54) is 6.07 Å². The standard InChI is InChI=1S/C24H22ClFN4O2S/c1-3-32-24(31)13-9-14-17(10-13)33-23-18(14)20(19-15(25)5-4-6-16(19)26)27-11(2)21-28-29-22(30(21)23)12-7-8-12/h4-6,11-13H,3,7-10H2,1-2H3/t11-,13?/m0/s1. The Morgan fingerprint density at radius 3 is 2.76 bits per heavy atom. The SMILES string of the molecule is CCOC(=O)C1Cc2sc3c(c2C1)C(c1c(F)cccc1Cl)=N[C@@H](C)c1nnc(C2CC2)n1-3. The largest absolute Gasteiger partial charge is 0.466 e. The third kappa shape index (κ3) is 3.26. The molecule has 1 saturated carbocycles. The summed E-state index contributed by atoms with van der Waals surface area (Å²) in [5.74, 6) is 1.23. The van der Waals surface area contributed by atoms with Crippen molar-refractivity contribution >= 4 is 34.6 Å². The molecule has 2 atom stereocenters. The Balaban J connectivity index is 1.58. The molecule has 0 amide bonds. The highest BCUT2D eigenvalue weighted by Gasteiger charge is 2.41. The van der Waals surface area contributed by atoms with Crippen LogP contribution in [0, 0.1) is 11.7 Å². The van der Waals surface area contributed by atoms with E-state index >= 15 is 4.39 Å². The summed E-state index contributed by atoms with van der Waals surface area (Å²) < 4.78 is 22.6. The van der Waals surface area contributed by atoms with Gasteiger partial charge in [0.25, 0.3) is 0 Å². The molecule has 0 N–H and O–H groups in total. The molecule has 0 spiro atoms. The number of halogens is 2. The van der Waals surface area contributed by atoms with Gasteiger partial charge in [0, 0.05) is 16.4 Å². The maximum Gasteiger partial charge on any atom is 0.309 e. The average Bonchev–Trinajstić information content (AvgIpc) is 3.26. The molecule has 6 rings (SSSR count). The van der Waals surface area contributed by atoms with Crippen molar-refractivity contribution in [3.63, 3.8) is 0 Å². The van der Waals surface area contributed by atoms with Gasteiger partial charge in [0.15, 0.2) is 5.82 Å². The minimum Gasteiger partial charge on any atom is -0.466 e. The van der Waals surface area contributed by atoms with Crippen LogP contribution in [0.15, 0.2) is 23.2 Å². The lowest BCUT2D eigenvalue weighted by Gasteiger charge is -2.14. The van der Waals surface area contributed by atoms with E-state index in [9.17, 15) is 4.79 Å². The Morgan fingerprint density at radius 2 is 2.03 bits per heavy atom. The van der Waals surface area contributed by atoms with Gasteiger partial charge in [-0.25, -0.2) is 4.39 Å². The fourth-order valence-corrected chi connectivity index (χ4v) is 6.55. The molecule has 9 heteroatoms. The van der Waals surface area contributed by atoms with Crippen molar-refractivity contribution in [1.82, 2.24) is 14.8 Å². The lowest BCUT2D eigenvalue weighted by atomic mass is 9.97. The zero-order chi connectivity index (χ0) is 22.9. The number of fused-ring (bicyclic) bond motifs is 5. The molecule has 33 heavy (non-hydrogen) atoms. The number of benzene rings is 1. The number of ether oxygens (including phenoxy) is 1. The summed E-state index contributed by atoms with van der Waals surface area (Å²) in [6, 6.07) is 4.36. The fourth-order valence-electron chi connectivity index (χ4n) is 4.87. The van der Waals surface area contributed by atoms with Gasteiger partial charge in [-0.05, 0) is 57.2 Å². The van der Waals surface area contributed by atoms with Crippen LogP contribution in [0.5, 0.6) is 0 Å². The molecule has 1 aromatic carbocycles. The van der Waals surface area contributed by atoms with E-state index in [-0.39, 0.29) is 17.9 Å². The number of esters is 1. The molecule has 170 valence electrons. The number of hydrogen-bond acceptors (Lipinski definition) is 6. The Bertz CT molecular complexity index is 1310. The molecule has 3 aromatic rings. The number of carbonyl (C=O) groups excluding carboxylic acids is 1. The second-order valence-corrected chi connectivity index (χ2v) is 10.3. The van der Waals surface area contributed by atoms with Crippen LogP contribution in [0.25, 0.3) is 5.00 Å². The molecule has 0 radical (unpaired) electrons. The van der Waals surface area contributed by atoms with Gasteiger partial charge in [0.1, 0.15) is 22.7 Å². The van der Waals surface area contributed by atoms with Gasteiger partial charge < -0.3 is 4.74 Å². The summed E-state index contributed by atoms with van der Waals surface area (Å²) in [7, 11) is 0. The molecule has 2 aliphatic carbocycles. The van der Waals surface area contributed by atoms with Gasteiger partial charge in [-0.1, -0.05) is 17.7 Å². The Hall–Kier alpha value is -2.58. The first-order valence-electron chi connectivity index (χ1n) is 11.3. The van der Waals surface area contributed by atoms with E-state index in [1.54, 1.807) is 23.5 Å². The lowest BCUT2D eigenvalue weighted by Crippen LogP contribution is -2.19. The van der Waals surface area contributed by atoms with Gasteiger partial charge in [0.05, 0.1) is 28.8 Å². The normalized spacial score (nSPS) is 21.2. The molecule has 6 nitrogen and oxygen atoms in total. The second kappa shape index (κ2) is 7.74. The number of hydrogen-bond donors (Lipinski definition) is 0. The maximum atomic E-state index is 15.2. The van der Waals surface area contributed by atoms with Crippen LogP contribution in [0.1, 0.15) is 71.9 Å². The average molecular weight is 485 g/mol. The van der Waals surface area contributed by atoms with Crippen molar-refractivity contribution in [2.24, 2.45) is 10.9 Å². The number of carbonyl (C=O) groups is 1. The van der Waals surface area contributed by atoms with Crippen molar-refractivity contribution in [2.75, 3.05) is 6.61 Å². The van der Waals surface area contributed by atoms with Crippen molar-refractivity contribution in [3.05, 3.63) is 62.3 Å². The third-order valence-electron chi connectivity index (χ3n) is 6.57. The maximum absolute atomic E-state index is 15.2. The van der Waals surface area contributed by atoms with E-state index in [4.69, 9.17) is 21.3 Å². The molecule has 0 saturated heterocycles. The predicted molar refractivity (Wildman–Crippen MR) is 124 cm³/mol. The smallest absolute Gasteiger partial charge is 0.309 e. The van der Waals surface area contributed by atoms with Crippen LogP contribution in [-0.2, 0) is 22.4 Å². The summed E-state index contributed by atoms with van der Waals surface area (Å²) in [6.45, 7) is 4.11. The molecule has 0 bridgehead atoms. The monoisotopic (exact) mass is 484 g/mol. The fraction of sp³-hybridized carbons (Fsp3) is 0.417. The Kier molecular flexibility index (Phi) is 4.92. The van der Waals surface area contributed by atoms with Crippen LogP contribution in [-0.4, -0.2) is 33.1 Å². The van der Waals surface area contributed by atoms with Crippen LogP contribution in [0.3, 0.4) is 0 Å². The highest BCUT2D eigenvalue weighted by molar-refractivity contribution is 7.15. The summed E-state index contributed by atoms with van der Waals surface area (Å²) in [4.78, 5) is 18.6. The summed E-state index contributed by atoms with van der Waals surface area (Å²) in [6.07, 6.45) is 3.32. The van der Waals surface area contributed by atoms with Crippen molar-refractivity contribution in [2.45, 2.75) is 51.5 Å². The van der Waals surface area contributed by atoms with Crippen molar-refractivity contribution in [3.8, 4) is 5.00 Å². The first-order chi connectivity index (χ1) is 16.0. The van der Waals surface area contributed by atoms with E-state index in [0.717, 1.165) is 45.5 Å². The molecule has 1 fully saturated rings. The molecule has 1 unspecified atom stereocenters. The predicted octanol–water partition coefficient (Wildman–Crippen LogP) is 5.19. The zero-order valence-corrected chi connectivity index (χ0v) is 19.8. The van der Waals surface area contributed by atoms with Crippen LogP contribution in [0.2, 0.25) is 5.02 Å². The highest BCUT2D eigenvalue weighted by atomic mass is 35.5. The van der Waals surface area contributed by atoms with Gasteiger partial charge in [0.2, 0.25) is 0 Å². The number of aliphatic imine (C=N–C) groups is 1. The van der Waals surface area contributed by atoms with Crippen molar-refractivity contribution in [1.29, 1.82) is 0 Å². The molecule has 3 aliphatic rings. The first-order valence-corrected chi connectivity index (χ1v) is 12.5. The third-order valence-corrected chi connectivity index (χ3v) is 8.12. The van der Waals surface area contributed by atoms with E-state index in [1.807, 2.05) is 13.8 Å². The number of rotatable bonds is 4. The molecule has 1 aliphatic heterocycles. The number of nitrogens with zero attached hydrogens (tertiary/aromatic N) is 4. The zero-order valence-electron chi connectivity index (χ0n) is 18.3. The minimum absolute atomic E-state index is 0.192. The second-order valence-electron chi connectivity index (χ2n) is 8.82. The van der Waals surface area contributed by atoms with Gasteiger partial charge in [-0.3, -0.25) is 14.4 Å². The van der Waals surface area contributed by atoms with Crippen LogP contribution in [0.4, 0.5) is 4.39 Å². The topological polar surface area (TPSA) is 69.4 Å². The van der Waals surface area contributed by atoms with Crippen LogP contribution < -0.4 is 0 Å². The number of aromatic nitrogens is 3. The Labute approximate surface area is 199 Å². The summed E-state index contributed by atoms with van der Waals surface area (Å²) >= 11 is 8.14.